The Balaban J connectivity index is 1.90. The van der Waals surface area contributed by atoms with Crippen molar-refractivity contribution in [3.05, 3.63) is 47.8 Å². The van der Waals surface area contributed by atoms with Gasteiger partial charge in [-0.05, 0) is 38.0 Å². The van der Waals surface area contributed by atoms with Crippen molar-refractivity contribution in [2.24, 2.45) is 0 Å². The Labute approximate surface area is 118 Å². The average molecular weight is 269 g/mol. The molecule has 1 aromatic heterocycles. The molecular weight excluding hydrogens is 250 g/mol. The van der Waals surface area contributed by atoms with Crippen molar-refractivity contribution in [1.82, 2.24) is 4.57 Å². The van der Waals surface area contributed by atoms with Crippen molar-refractivity contribution >= 4 is 17.3 Å². The molecule has 0 saturated heterocycles. The molecule has 0 atom stereocenters. The lowest BCUT2D eigenvalue weighted by Crippen LogP contribution is -2.28. The second kappa shape index (κ2) is 4.71. The Bertz CT molecular complexity index is 638. The molecule has 2 N–H and O–H groups in total. The van der Waals surface area contributed by atoms with Crippen LogP contribution < -0.4 is 10.6 Å². The first kappa shape index (κ1) is 12.8. The van der Waals surface area contributed by atoms with Crippen LogP contribution in [0.25, 0.3) is 0 Å². The third-order valence-electron chi connectivity index (χ3n) is 3.76. The van der Waals surface area contributed by atoms with Crippen LogP contribution in [0.2, 0.25) is 0 Å². The van der Waals surface area contributed by atoms with Gasteiger partial charge in [-0.25, -0.2) is 0 Å². The van der Waals surface area contributed by atoms with E-state index in [0.717, 1.165) is 18.5 Å². The standard InChI is InChI=1S/C16H19N3O/c1-11-3-5-13(6-4-11)18(2)16(20)15-9-12(17)10-19(15)14-7-8-14/h3-6,9-10,14H,7-8,17H2,1-2H3. The van der Waals surface area contributed by atoms with E-state index in [1.807, 2.05) is 42.0 Å². The number of carbonyl (C=O) groups excluding carboxylic acids is 1. The summed E-state index contributed by atoms with van der Waals surface area (Å²) in [6.45, 7) is 2.03. The summed E-state index contributed by atoms with van der Waals surface area (Å²) >= 11 is 0. The first-order valence-electron chi connectivity index (χ1n) is 6.88. The highest BCUT2D eigenvalue weighted by atomic mass is 16.2. The number of rotatable bonds is 3. The Morgan fingerprint density at radius 1 is 1.30 bits per heavy atom. The van der Waals surface area contributed by atoms with Crippen LogP contribution in [0.3, 0.4) is 0 Å². The van der Waals surface area contributed by atoms with Gasteiger partial charge in [-0.3, -0.25) is 4.79 Å². The van der Waals surface area contributed by atoms with Crippen LogP contribution >= 0.6 is 0 Å². The Morgan fingerprint density at radius 2 is 1.95 bits per heavy atom. The van der Waals surface area contributed by atoms with Gasteiger partial charge in [-0.1, -0.05) is 17.7 Å². The predicted molar refractivity (Wildman–Crippen MR) is 81.0 cm³/mol. The summed E-state index contributed by atoms with van der Waals surface area (Å²) in [4.78, 5) is 14.3. The largest absolute Gasteiger partial charge is 0.397 e. The maximum Gasteiger partial charge on any atom is 0.274 e. The topological polar surface area (TPSA) is 51.3 Å². The number of nitrogen functional groups attached to an aromatic ring is 1. The zero-order chi connectivity index (χ0) is 14.3. The van der Waals surface area contributed by atoms with Crippen molar-refractivity contribution < 1.29 is 4.79 Å². The van der Waals surface area contributed by atoms with Crippen molar-refractivity contribution in [2.45, 2.75) is 25.8 Å². The minimum Gasteiger partial charge on any atom is -0.397 e. The summed E-state index contributed by atoms with van der Waals surface area (Å²) in [5.74, 6) is -0.0162. The SMILES string of the molecule is Cc1ccc(N(C)C(=O)c2cc(N)cn2C2CC2)cc1. The lowest BCUT2D eigenvalue weighted by Gasteiger charge is -2.18. The predicted octanol–water partition coefficient (Wildman–Crippen LogP) is 2.99. The van der Waals surface area contributed by atoms with Gasteiger partial charge >= 0.3 is 0 Å². The fraction of sp³-hybridized carbons (Fsp3) is 0.312. The van der Waals surface area contributed by atoms with Crippen molar-refractivity contribution in [3.8, 4) is 0 Å². The zero-order valence-electron chi connectivity index (χ0n) is 11.8. The van der Waals surface area contributed by atoms with E-state index in [1.165, 1.54) is 5.56 Å². The third kappa shape index (κ3) is 2.29. The van der Waals surface area contributed by atoms with Crippen LogP contribution in [0.1, 0.15) is 34.9 Å². The quantitative estimate of drug-likeness (QED) is 0.931. The molecule has 1 heterocycles. The number of hydrogen-bond acceptors (Lipinski definition) is 2. The molecule has 4 heteroatoms. The number of amides is 1. The fourth-order valence-corrected chi connectivity index (χ4v) is 2.38. The Hall–Kier alpha value is -2.23. The van der Waals surface area contributed by atoms with Gasteiger partial charge in [-0.2, -0.15) is 0 Å². The monoisotopic (exact) mass is 269 g/mol. The molecule has 0 radical (unpaired) electrons. The van der Waals surface area contributed by atoms with Crippen LogP contribution in [0, 0.1) is 6.92 Å². The number of hydrogen-bond donors (Lipinski definition) is 1. The van der Waals surface area contributed by atoms with Gasteiger partial charge in [0.1, 0.15) is 5.69 Å². The molecule has 0 spiro atoms. The maximum atomic E-state index is 12.6. The highest BCUT2D eigenvalue weighted by molar-refractivity contribution is 6.05. The number of anilines is 2. The van der Waals surface area contributed by atoms with E-state index >= 15 is 0 Å². The molecule has 1 saturated carbocycles. The molecule has 1 aromatic carbocycles. The highest BCUT2D eigenvalue weighted by Crippen LogP contribution is 2.37. The van der Waals surface area contributed by atoms with Crippen LogP contribution in [-0.4, -0.2) is 17.5 Å². The number of carbonyl (C=O) groups is 1. The molecule has 20 heavy (non-hydrogen) atoms. The molecule has 0 bridgehead atoms. The summed E-state index contributed by atoms with van der Waals surface area (Å²) in [5.41, 5.74) is 9.25. The van der Waals surface area contributed by atoms with Gasteiger partial charge in [-0.15, -0.1) is 0 Å². The number of nitrogens with two attached hydrogens (primary N) is 1. The van der Waals surface area contributed by atoms with E-state index in [0.29, 0.717) is 17.4 Å². The second-order valence-corrected chi connectivity index (χ2v) is 5.50. The molecule has 0 unspecified atom stereocenters. The third-order valence-corrected chi connectivity index (χ3v) is 3.76. The summed E-state index contributed by atoms with van der Waals surface area (Å²) in [6.07, 6.45) is 4.12. The van der Waals surface area contributed by atoms with E-state index in [4.69, 9.17) is 5.73 Å². The molecular formula is C16H19N3O. The van der Waals surface area contributed by atoms with Crippen LogP contribution in [0.15, 0.2) is 36.5 Å². The molecule has 1 fully saturated rings. The van der Waals surface area contributed by atoms with Crippen LogP contribution in [0.5, 0.6) is 0 Å². The molecule has 2 aromatic rings. The summed E-state index contributed by atoms with van der Waals surface area (Å²) in [7, 11) is 1.80. The number of nitrogens with zero attached hydrogens (tertiary/aromatic N) is 2. The van der Waals surface area contributed by atoms with Crippen molar-refractivity contribution in [2.75, 3.05) is 17.7 Å². The lowest BCUT2D eigenvalue weighted by atomic mass is 10.2. The van der Waals surface area contributed by atoms with Gasteiger partial charge in [0.15, 0.2) is 0 Å². The van der Waals surface area contributed by atoms with Gasteiger partial charge in [0.2, 0.25) is 0 Å². The van der Waals surface area contributed by atoms with E-state index in [-0.39, 0.29) is 5.91 Å². The number of aromatic nitrogens is 1. The average Bonchev–Trinajstić information content (AvgIpc) is 3.21. The molecule has 104 valence electrons. The molecule has 1 amide bonds. The lowest BCUT2D eigenvalue weighted by molar-refractivity contribution is 0.0984. The normalized spacial score (nSPS) is 14.3. The molecule has 0 aliphatic heterocycles. The van der Waals surface area contributed by atoms with Gasteiger partial charge in [0.05, 0.1) is 5.69 Å². The summed E-state index contributed by atoms with van der Waals surface area (Å²) < 4.78 is 2.02. The Kier molecular flexibility index (Phi) is 3.01. The molecule has 1 aliphatic carbocycles. The maximum absolute atomic E-state index is 12.6. The Morgan fingerprint density at radius 3 is 2.55 bits per heavy atom. The van der Waals surface area contributed by atoms with Crippen molar-refractivity contribution in [1.29, 1.82) is 0 Å². The van der Waals surface area contributed by atoms with E-state index in [2.05, 4.69) is 0 Å². The number of aryl methyl sites for hydroxylation is 1. The number of benzene rings is 1. The van der Waals surface area contributed by atoms with Crippen LogP contribution in [-0.2, 0) is 0 Å². The van der Waals surface area contributed by atoms with E-state index < -0.39 is 0 Å². The highest BCUT2D eigenvalue weighted by Gasteiger charge is 2.29. The van der Waals surface area contributed by atoms with E-state index in [1.54, 1.807) is 18.0 Å². The molecule has 4 nitrogen and oxygen atoms in total. The van der Waals surface area contributed by atoms with Crippen LogP contribution in [0.4, 0.5) is 11.4 Å². The molecule has 1 aliphatic rings. The minimum atomic E-state index is -0.0162. The minimum absolute atomic E-state index is 0.0162. The summed E-state index contributed by atoms with van der Waals surface area (Å²) in [6, 6.07) is 10.1. The second-order valence-electron chi connectivity index (χ2n) is 5.50. The first-order valence-corrected chi connectivity index (χ1v) is 6.88. The van der Waals surface area contributed by atoms with Gasteiger partial charge in [0.25, 0.3) is 5.91 Å². The molecule has 3 rings (SSSR count). The van der Waals surface area contributed by atoms with Crippen molar-refractivity contribution in [3.63, 3.8) is 0 Å². The van der Waals surface area contributed by atoms with Gasteiger partial charge < -0.3 is 15.2 Å². The smallest absolute Gasteiger partial charge is 0.274 e. The first-order chi connectivity index (χ1) is 9.56. The zero-order valence-corrected chi connectivity index (χ0v) is 11.8. The fourth-order valence-electron chi connectivity index (χ4n) is 2.38. The summed E-state index contributed by atoms with van der Waals surface area (Å²) in [5, 5.41) is 0. The van der Waals surface area contributed by atoms with Gasteiger partial charge in [0, 0.05) is 25.0 Å². The van der Waals surface area contributed by atoms with E-state index in [9.17, 15) is 4.79 Å².